The highest BCUT2D eigenvalue weighted by atomic mass is 16.4. The molecule has 7 atom stereocenters. The number of aromatic hydroxyl groups is 1. The van der Waals surface area contributed by atoms with Gasteiger partial charge in [-0.2, -0.15) is 0 Å². The van der Waals surface area contributed by atoms with Crippen LogP contribution in [0.15, 0.2) is 24.3 Å². The van der Waals surface area contributed by atoms with E-state index in [1.807, 2.05) is 0 Å². The van der Waals surface area contributed by atoms with Crippen LogP contribution in [0.25, 0.3) is 0 Å². The summed E-state index contributed by atoms with van der Waals surface area (Å²) in [5.41, 5.74) is 11.7. The summed E-state index contributed by atoms with van der Waals surface area (Å²) < 4.78 is 0. The number of phenolic OH excluding ortho intramolecular Hbond substituents is 1. The van der Waals surface area contributed by atoms with Crippen molar-refractivity contribution in [2.45, 2.75) is 102 Å². The van der Waals surface area contributed by atoms with Crippen LogP contribution in [-0.4, -0.2) is 123 Å². The van der Waals surface area contributed by atoms with E-state index in [4.69, 9.17) is 11.5 Å². The first-order chi connectivity index (χ1) is 25.7. The second-order valence-electron chi connectivity index (χ2n) is 13.8. The first kappa shape index (κ1) is 45.4. The molecule has 0 saturated carbocycles. The number of carboxylic acids is 2. The molecule has 55 heavy (non-hydrogen) atoms. The van der Waals surface area contributed by atoms with Crippen LogP contribution >= 0.6 is 0 Å². The molecule has 1 fully saturated rings. The molecule has 1 aromatic rings. The summed E-state index contributed by atoms with van der Waals surface area (Å²) in [5.74, 6) is -9.89. The molecule has 0 bridgehead atoms. The van der Waals surface area contributed by atoms with E-state index in [1.54, 1.807) is 39.8 Å². The van der Waals surface area contributed by atoms with Crippen LogP contribution in [0.3, 0.4) is 0 Å². The number of carboxylic acid groups (broad SMARTS) is 2. The van der Waals surface area contributed by atoms with Gasteiger partial charge in [-0.25, -0.2) is 4.79 Å². The average molecular weight is 777 g/mol. The molecule has 1 aliphatic heterocycles. The maximum atomic E-state index is 13.9. The average Bonchev–Trinajstić information content (AvgIpc) is 3.61. The van der Waals surface area contributed by atoms with Gasteiger partial charge < -0.3 is 58.3 Å². The third kappa shape index (κ3) is 14.2. The van der Waals surface area contributed by atoms with Crippen molar-refractivity contribution in [3.8, 4) is 5.75 Å². The second kappa shape index (κ2) is 21.2. The van der Waals surface area contributed by atoms with Crippen LogP contribution in [0.2, 0.25) is 0 Å². The van der Waals surface area contributed by atoms with E-state index in [2.05, 4.69) is 26.6 Å². The molecule has 20 heteroatoms. The van der Waals surface area contributed by atoms with Gasteiger partial charge in [-0.1, -0.05) is 46.2 Å². The molecule has 7 amide bonds. The maximum Gasteiger partial charge on any atom is 0.326 e. The van der Waals surface area contributed by atoms with Crippen LogP contribution in [0.1, 0.15) is 65.4 Å². The largest absolute Gasteiger partial charge is 0.508 e. The molecule has 1 saturated heterocycles. The Balaban J connectivity index is 2.17. The predicted octanol–water partition coefficient (Wildman–Crippen LogP) is -2.55. The van der Waals surface area contributed by atoms with E-state index in [1.165, 1.54) is 17.0 Å². The molecule has 2 rings (SSSR count). The molecule has 0 aromatic heterocycles. The summed E-state index contributed by atoms with van der Waals surface area (Å²) >= 11 is 0. The Morgan fingerprint density at radius 1 is 0.836 bits per heavy atom. The van der Waals surface area contributed by atoms with E-state index >= 15 is 0 Å². The number of rotatable bonds is 21. The fraction of sp³-hybridized carbons (Fsp3) is 0.571. The van der Waals surface area contributed by atoms with Crippen molar-refractivity contribution in [2.75, 3.05) is 13.1 Å². The second-order valence-corrected chi connectivity index (χ2v) is 13.8. The Labute approximate surface area is 317 Å². The smallest absolute Gasteiger partial charge is 0.326 e. The van der Waals surface area contributed by atoms with Gasteiger partial charge in [0.15, 0.2) is 0 Å². The molecule has 0 radical (unpaired) electrons. The third-order valence-corrected chi connectivity index (χ3v) is 9.06. The minimum Gasteiger partial charge on any atom is -0.508 e. The summed E-state index contributed by atoms with van der Waals surface area (Å²) in [5, 5.41) is 40.2. The van der Waals surface area contributed by atoms with E-state index in [0.29, 0.717) is 18.4 Å². The summed E-state index contributed by atoms with van der Waals surface area (Å²) in [4.78, 5) is 115. The highest BCUT2D eigenvalue weighted by Gasteiger charge is 2.41. The lowest BCUT2D eigenvalue weighted by atomic mass is 9.96. The van der Waals surface area contributed by atoms with Gasteiger partial charge in [0.2, 0.25) is 41.4 Å². The molecule has 20 nitrogen and oxygen atoms in total. The standard InChI is InChI=1S/C35H52N8O12/c1-5-18(4)29(34(53)43-12-6-7-24(43)32(51)38-16-26(46)39-23(35(54)55)14-25(37)45)42-31(50)22(15-27(47)48)40-33(52)28(17(2)3)41-30(49)21(36)13-19-8-10-20(44)11-9-19/h8-11,17-18,21-24,28-29,44H,5-7,12-16,36H2,1-4H3,(H2,37,45)(H,38,51)(H,39,46)(H,40,52)(H,41,49)(H,42,50)(H,47,48)(H,54,55). The monoisotopic (exact) mass is 776 g/mol. The SMILES string of the molecule is CCC(C)C(NC(=O)C(CC(=O)O)NC(=O)C(NC(=O)C(N)Cc1ccc(O)cc1)C(C)C)C(=O)N1CCCC1C(=O)NCC(=O)NC(CC(N)=O)C(=O)O. The minimum absolute atomic E-state index is 0.0278. The summed E-state index contributed by atoms with van der Waals surface area (Å²) in [6, 6.07) is -1.95. The first-order valence-corrected chi connectivity index (χ1v) is 17.8. The topological polar surface area (TPSA) is 330 Å². The third-order valence-electron chi connectivity index (χ3n) is 9.06. The lowest BCUT2D eigenvalue weighted by Crippen LogP contribution is -2.61. The Kier molecular flexibility index (Phi) is 17.5. The number of nitrogens with zero attached hydrogens (tertiary/aromatic N) is 1. The fourth-order valence-corrected chi connectivity index (χ4v) is 5.77. The Hall–Kier alpha value is -5.79. The molecule has 0 spiro atoms. The molecule has 0 aliphatic carbocycles. The van der Waals surface area contributed by atoms with Gasteiger partial charge in [-0.15, -0.1) is 0 Å². The molecule has 12 N–H and O–H groups in total. The maximum absolute atomic E-state index is 13.9. The molecule has 304 valence electrons. The highest BCUT2D eigenvalue weighted by molar-refractivity contribution is 5.98. The number of hydrogen-bond donors (Lipinski definition) is 10. The Bertz CT molecular complexity index is 1590. The van der Waals surface area contributed by atoms with Gasteiger partial charge in [-0.05, 0) is 48.8 Å². The van der Waals surface area contributed by atoms with Gasteiger partial charge in [0.05, 0.1) is 25.4 Å². The van der Waals surface area contributed by atoms with E-state index in [9.17, 15) is 58.5 Å². The van der Waals surface area contributed by atoms with E-state index < -0.39 is 121 Å². The minimum atomic E-state index is -1.69. The number of aliphatic carboxylic acids is 2. The Morgan fingerprint density at radius 3 is 2.00 bits per heavy atom. The number of benzene rings is 1. The number of nitrogens with two attached hydrogens (primary N) is 2. The van der Waals surface area contributed by atoms with Crippen molar-refractivity contribution in [1.29, 1.82) is 0 Å². The van der Waals surface area contributed by atoms with Crippen LogP contribution in [0, 0.1) is 11.8 Å². The lowest BCUT2D eigenvalue weighted by molar-refractivity contribution is -0.145. The van der Waals surface area contributed by atoms with Crippen molar-refractivity contribution in [3.63, 3.8) is 0 Å². The zero-order chi connectivity index (χ0) is 41.6. The van der Waals surface area contributed by atoms with Crippen molar-refractivity contribution in [2.24, 2.45) is 23.3 Å². The summed E-state index contributed by atoms with van der Waals surface area (Å²) in [6.07, 6.45) is -0.537. The number of primary amides is 1. The number of nitrogens with one attached hydrogen (secondary N) is 5. The number of carbonyl (C=O) groups is 9. The first-order valence-electron chi connectivity index (χ1n) is 17.8. The number of amides is 7. The summed E-state index contributed by atoms with van der Waals surface area (Å²) in [7, 11) is 0. The van der Waals surface area contributed by atoms with Gasteiger partial charge in [-0.3, -0.25) is 38.4 Å². The Morgan fingerprint density at radius 2 is 1.45 bits per heavy atom. The number of carbonyl (C=O) groups excluding carboxylic acids is 7. The highest BCUT2D eigenvalue weighted by Crippen LogP contribution is 2.22. The predicted molar refractivity (Wildman–Crippen MR) is 193 cm³/mol. The molecule has 7 unspecified atom stereocenters. The number of likely N-dealkylation sites (tertiary alicyclic amines) is 1. The van der Waals surface area contributed by atoms with Gasteiger partial charge in [0.1, 0.15) is 36.0 Å². The van der Waals surface area contributed by atoms with E-state index in [-0.39, 0.29) is 25.1 Å². The van der Waals surface area contributed by atoms with Crippen LogP contribution < -0.4 is 38.1 Å². The van der Waals surface area contributed by atoms with Crippen molar-refractivity contribution in [3.05, 3.63) is 29.8 Å². The zero-order valence-electron chi connectivity index (χ0n) is 31.2. The lowest BCUT2D eigenvalue weighted by Gasteiger charge is -2.32. The molecular weight excluding hydrogens is 724 g/mol. The quantitative estimate of drug-likeness (QED) is 0.0615. The number of hydrogen-bond acceptors (Lipinski definition) is 11. The van der Waals surface area contributed by atoms with Gasteiger partial charge >= 0.3 is 11.9 Å². The van der Waals surface area contributed by atoms with Gasteiger partial charge in [0, 0.05) is 6.54 Å². The van der Waals surface area contributed by atoms with Gasteiger partial charge in [0.25, 0.3) is 0 Å². The van der Waals surface area contributed by atoms with Crippen LogP contribution in [0.5, 0.6) is 5.75 Å². The molecule has 1 heterocycles. The van der Waals surface area contributed by atoms with Crippen LogP contribution in [0.4, 0.5) is 0 Å². The van der Waals surface area contributed by atoms with Crippen molar-refractivity contribution in [1.82, 2.24) is 31.5 Å². The van der Waals surface area contributed by atoms with Crippen molar-refractivity contribution < 1.29 is 58.5 Å². The normalized spacial score (nSPS) is 17.1. The fourth-order valence-electron chi connectivity index (χ4n) is 5.77. The molecule has 1 aromatic carbocycles. The zero-order valence-corrected chi connectivity index (χ0v) is 31.2. The van der Waals surface area contributed by atoms with Crippen molar-refractivity contribution >= 4 is 53.3 Å². The molecule has 1 aliphatic rings. The van der Waals surface area contributed by atoms with Crippen LogP contribution in [-0.2, 0) is 49.6 Å². The number of phenols is 1. The van der Waals surface area contributed by atoms with E-state index in [0.717, 1.165) is 0 Å². The molecular formula is C35H52N8O12. The summed E-state index contributed by atoms with van der Waals surface area (Å²) in [6.45, 7) is 6.05.